The molecule has 0 aliphatic carbocycles. The van der Waals surface area contributed by atoms with Crippen LogP contribution in [0.1, 0.15) is 28.4 Å². The van der Waals surface area contributed by atoms with Crippen molar-refractivity contribution in [3.05, 3.63) is 53.1 Å². The van der Waals surface area contributed by atoms with Gasteiger partial charge in [-0.2, -0.15) is 8.42 Å². The molecule has 1 N–H and O–H groups in total. The largest absolute Gasteiger partial charge is 0.465 e. The number of ether oxygens (including phenoxy) is 1. The van der Waals surface area contributed by atoms with Crippen molar-refractivity contribution in [3.63, 3.8) is 0 Å². The number of hydrogen-bond acceptors (Lipinski definition) is 6. The van der Waals surface area contributed by atoms with Gasteiger partial charge in [0.1, 0.15) is 10.6 Å². The lowest BCUT2D eigenvalue weighted by molar-refractivity contribution is -0.114. The Morgan fingerprint density at radius 1 is 1.00 bits per heavy atom. The second kappa shape index (κ2) is 7.57. The van der Waals surface area contributed by atoms with Crippen LogP contribution in [-0.2, 0) is 19.6 Å². The van der Waals surface area contributed by atoms with Gasteiger partial charge in [-0.05, 0) is 61.4 Å². The van der Waals surface area contributed by atoms with Gasteiger partial charge in [-0.15, -0.1) is 0 Å². The molecule has 2 aromatic rings. The highest BCUT2D eigenvalue weighted by atomic mass is 32.2. The quantitative estimate of drug-likeness (QED) is 0.635. The van der Waals surface area contributed by atoms with Gasteiger partial charge in [0.25, 0.3) is 0 Å². The number of carbonyl (C=O) groups excluding carboxylic acids is 2. The maximum absolute atomic E-state index is 12.5. The molecule has 1 amide bonds. The molecule has 2 rings (SSSR count). The minimum atomic E-state index is -4.07. The van der Waals surface area contributed by atoms with E-state index in [1.807, 2.05) is 0 Å². The summed E-state index contributed by atoms with van der Waals surface area (Å²) in [6.07, 6.45) is 0. The molecule has 0 saturated carbocycles. The average Bonchev–Trinajstić information content (AvgIpc) is 2.57. The van der Waals surface area contributed by atoms with Gasteiger partial charge in [0.2, 0.25) is 5.91 Å². The van der Waals surface area contributed by atoms with Gasteiger partial charge in [0.15, 0.2) is 0 Å². The number of benzene rings is 2. The fraction of sp³-hybridized carbons (Fsp3) is 0.222. The summed E-state index contributed by atoms with van der Waals surface area (Å²) in [7, 11) is -2.80. The first-order valence-corrected chi connectivity index (χ1v) is 9.06. The molecule has 0 saturated heterocycles. The third kappa shape index (κ3) is 4.40. The lowest BCUT2D eigenvalue weighted by Gasteiger charge is -2.13. The van der Waals surface area contributed by atoms with Crippen molar-refractivity contribution in [1.82, 2.24) is 0 Å². The molecule has 0 radical (unpaired) electrons. The van der Waals surface area contributed by atoms with E-state index >= 15 is 0 Å². The molecule has 0 fully saturated rings. The van der Waals surface area contributed by atoms with Gasteiger partial charge < -0.3 is 14.2 Å². The van der Waals surface area contributed by atoms with E-state index in [0.717, 1.165) is 0 Å². The molecule has 0 bridgehead atoms. The summed E-state index contributed by atoms with van der Waals surface area (Å²) in [6.45, 7) is 4.64. The third-order valence-corrected chi connectivity index (χ3v) is 4.77. The zero-order chi connectivity index (χ0) is 19.5. The molecule has 8 heteroatoms. The highest BCUT2D eigenvalue weighted by Gasteiger charge is 2.20. The molecule has 0 atom stereocenters. The van der Waals surface area contributed by atoms with Crippen LogP contribution in [-0.4, -0.2) is 27.4 Å². The molecule has 0 aliphatic rings. The van der Waals surface area contributed by atoms with Crippen molar-refractivity contribution in [3.8, 4) is 5.75 Å². The normalized spacial score (nSPS) is 10.9. The molecule has 7 nitrogen and oxygen atoms in total. The maximum atomic E-state index is 12.5. The summed E-state index contributed by atoms with van der Waals surface area (Å²) in [6, 6.07) is 8.63. The minimum Gasteiger partial charge on any atom is -0.465 e. The average molecular weight is 377 g/mol. The number of rotatable bonds is 5. The second-order valence-corrected chi connectivity index (χ2v) is 7.22. The number of hydrogen-bond donors (Lipinski definition) is 1. The van der Waals surface area contributed by atoms with E-state index in [0.29, 0.717) is 22.4 Å². The smallest absolute Gasteiger partial charge is 0.339 e. The Kier molecular flexibility index (Phi) is 5.66. The summed E-state index contributed by atoms with van der Waals surface area (Å²) < 4.78 is 35.0. The summed E-state index contributed by atoms with van der Waals surface area (Å²) in [5.74, 6) is -0.614. The maximum Gasteiger partial charge on any atom is 0.339 e. The number of nitrogens with one attached hydrogen (secondary N) is 1. The number of methoxy groups -OCH3 is 1. The lowest BCUT2D eigenvalue weighted by Crippen LogP contribution is -2.13. The van der Waals surface area contributed by atoms with E-state index in [1.165, 1.54) is 50.4 Å². The molecule has 2 aromatic carbocycles. The number of aryl methyl sites for hydroxylation is 2. The Balaban J connectivity index is 2.32. The highest BCUT2D eigenvalue weighted by molar-refractivity contribution is 7.87. The molecular weight excluding hydrogens is 358 g/mol. The zero-order valence-corrected chi connectivity index (χ0v) is 15.6. The van der Waals surface area contributed by atoms with Gasteiger partial charge in [-0.3, -0.25) is 4.79 Å². The van der Waals surface area contributed by atoms with E-state index < -0.39 is 16.1 Å². The Bertz CT molecular complexity index is 925. The summed E-state index contributed by atoms with van der Waals surface area (Å²) in [5, 5.41) is 2.56. The van der Waals surface area contributed by atoms with Crippen LogP contribution in [0.15, 0.2) is 41.3 Å². The number of carbonyl (C=O) groups is 2. The summed E-state index contributed by atoms with van der Waals surface area (Å²) in [5.41, 5.74) is 1.77. The van der Waals surface area contributed by atoms with Gasteiger partial charge in [0.05, 0.1) is 12.7 Å². The third-order valence-electron chi connectivity index (χ3n) is 3.54. The number of amides is 1. The zero-order valence-electron chi connectivity index (χ0n) is 14.8. The monoisotopic (exact) mass is 377 g/mol. The van der Waals surface area contributed by atoms with E-state index in [-0.39, 0.29) is 16.6 Å². The van der Waals surface area contributed by atoms with Crippen molar-refractivity contribution in [2.45, 2.75) is 25.7 Å². The minimum absolute atomic E-state index is 0.0533. The fourth-order valence-electron chi connectivity index (χ4n) is 2.38. The van der Waals surface area contributed by atoms with Crippen molar-refractivity contribution in [2.24, 2.45) is 0 Å². The van der Waals surface area contributed by atoms with Crippen LogP contribution in [0.25, 0.3) is 0 Å². The Morgan fingerprint density at radius 3 is 2.00 bits per heavy atom. The van der Waals surface area contributed by atoms with E-state index in [9.17, 15) is 18.0 Å². The molecule has 0 aliphatic heterocycles. The molecule has 0 unspecified atom stereocenters. The van der Waals surface area contributed by atoms with Crippen LogP contribution in [0.5, 0.6) is 5.75 Å². The van der Waals surface area contributed by atoms with Crippen LogP contribution in [0.2, 0.25) is 0 Å². The van der Waals surface area contributed by atoms with Crippen LogP contribution in [0.3, 0.4) is 0 Å². The van der Waals surface area contributed by atoms with Gasteiger partial charge >= 0.3 is 16.1 Å². The second-order valence-electron chi connectivity index (χ2n) is 5.67. The first-order chi connectivity index (χ1) is 12.1. The van der Waals surface area contributed by atoms with Crippen LogP contribution < -0.4 is 9.50 Å². The van der Waals surface area contributed by atoms with E-state index in [1.54, 1.807) is 13.8 Å². The van der Waals surface area contributed by atoms with Gasteiger partial charge in [0, 0.05) is 12.6 Å². The first-order valence-electron chi connectivity index (χ1n) is 7.65. The van der Waals surface area contributed by atoms with Crippen LogP contribution in [0, 0.1) is 13.8 Å². The van der Waals surface area contributed by atoms with Gasteiger partial charge in [-0.1, -0.05) is 0 Å². The van der Waals surface area contributed by atoms with Crippen LogP contribution in [0.4, 0.5) is 5.69 Å². The van der Waals surface area contributed by atoms with E-state index in [2.05, 4.69) is 10.1 Å². The predicted molar refractivity (Wildman–Crippen MR) is 95.8 cm³/mol. The lowest BCUT2D eigenvalue weighted by atomic mass is 10.1. The highest BCUT2D eigenvalue weighted by Crippen LogP contribution is 2.28. The molecule has 0 heterocycles. The number of esters is 1. The molecule has 0 aromatic heterocycles. The van der Waals surface area contributed by atoms with Crippen molar-refractivity contribution >= 4 is 27.7 Å². The Morgan fingerprint density at radius 2 is 1.54 bits per heavy atom. The standard InChI is InChI=1S/C18H19NO6S/c1-11-9-14(18(21)24-4)10-12(2)17(11)25-26(22,23)16-7-5-15(6-8-16)19-13(3)20/h5-10H,1-4H3,(H,19,20). The molecule has 138 valence electrons. The SMILES string of the molecule is COC(=O)c1cc(C)c(OS(=O)(=O)c2ccc(NC(C)=O)cc2)c(C)c1. The number of anilines is 1. The van der Waals surface area contributed by atoms with Crippen molar-refractivity contribution in [2.75, 3.05) is 12.4 Å². The molecule has 0 spiro atoms. The van der Waals surface area contributed by atoms with E-state index in [4.69, 9.17) is 4.18 Å². The van der Waals surface area contributed by atoms with Crippen molar-refractivity contribution in [1.29, 1.82) is 0 Å². The predicted octanol–water partition coefficient (Wildman–Crippen LogP) is 2.82. The first kappa shape index (κ1) is 19.5. The Labute approximate surface area is 152 Å². The Hall–Kier alpha value is -2.87. The van der Waals surface area contributed by atoms with Crippen LogP contribution >= 0.6 is 0 Å². The van der Waals surface area contributed by atoms with Crippen molar-refractivity contribution < 1.29 is 26.9 Å². The molecule has 26 heavy (non-hydrogen) atoms. The summed E-state index contributed by atoms with van der Waals surface area (Å²) >= 11 is 0. The molecular formula is C18H19NO6S. The van der Waals surface area contributed by atoms with Gasteiger partial charge in [-0.25, -0.2) is 4.79 Å². The summed E-state index contributed by atoms with van der Waals surface area (Å²) in [4.78, 5) is 22.6. The fourth-order valence-corrected chi connectivity index (χ4v) is 3.43. The topological polar surface area (TPSA) is 98.8 Å².